The lowest BCUT2D eigenvalue weighted by molar-refractivity contribution is 0.183. The highest BCUT2D eigenvalue weighted by Gasteiger charge is 2.22. The van der Waals surface area contributed by atoms with Crippen LogP contribution in [0.3, 0.4) is 0 Å². The maximum atomic E-state index is 8.81. The van der Waals surface area contributed by atoms with Gasteiger partial charge >= 0.3 is 0 Å². The molecular weight excluding hydrogens is 152 g/mol. The fourth-order valence-electron chi connectivity index (χ4n) is 1.86. The van der Waals surface area contributed by atoms with Crippen molar-refractivity contribution in [1.82, 2.24) is 10.2 Å². The van der Waals surface area contributed by atoms with Crippen LogP contribution in [-0.4, -0.2) is 48.8 Å². The number of likely N-dealkylation sites (tertiary alicyclic amines) is 1. The Labute approximate surface area is 74.8 Å². The lowest BCUT2D eigenvalue weighted by atomic mass is 10.2. The van der Waals surface area contributed by atoms with Crippen molar-refractivity contribution in [3.05, 3.63) is 0 Å². The highest BCUT2D eigenvalue weighted by Crippen LogP contribution is 2.15. The van der Waals surface area contributed by atoms with Crippen LogP contribution in [0.5, 0.6) is 0 Å². The van der Waals surface area contributed by atoms with Gasteiger partial charge in [-0.2, -0.15) is 0 Å². The molecule has 1 fully saturated rings. The van der Waals surface area contributed by atoms with Crippen LogP contribution in [0.1, 0.15) is 19.8 Å². The number of rotatable bonds is 5. The molecule has 1 aliphatic rings. The molecule has 72 valence electrons. The summed E-state index contributed by atoms with van der Waals surface area (Å²) in [6.07, 6.45) is 2.57. The minimum absolute atomic E-state index is 0.294. The average molecular weight is 172 g/mol. The van der Waals surface area contributed by atoms with Crippen molar-refractivity contribution in [2.45, 2.75) is 25.8 Å². The molecule has 3 heteroatoms. The van der Waals surface area contributed by atoms with Gasteiger partial charge in [-0.1, -0.05) is 6.92 Å². The van der Waals surface area contributed by atoms with Gasteiger partial charge in [0, 0.05) is 19.1 Å². The molecule has 0 amide bonds. The number of β-amino-alcohol motifs (C(OH)–C–C–N with tert-alkyl or cyclic N) is 1. The van der Waals surface area contributed by atoms with Crippen molar-refractivity contribution in [2.24, 2.45) is 0 Å². The number of hydrogen-bond donors (Lipinski definition) is 2. The first-order valence-electron chi connectivity index (χ1n) is 4.94. The predicted molar refractivity (Wildman–Crippen MR) is 50.2 cm³/mol. The van der Waals surface area contributed by atoms with E-state index in [1.54, 1.807) is 0 Å². The molecule has 0 saturated carbocycles. The van der Waals surface area contributed by atoms with Gasteiger partial charge in [-0.05, 0) is 25.9 Å². The fraction of sp³-hybridized carbons (Fsp3) is 1.00. The van der Waals surface area contributed by atoms with E-state index in [1.165, 1.54) is 12.8 Å². The van der Waals surface area contributed by atoms with Crippen LogP contribution in [-0.2, 0) is 0 Å². The van der Waals surface area contributed by atoms with Crippen LogP contribution in [0, 0.1) is 0 Å². The van der Waals surface area contributed by atoms with Crippen LogP contribution < -0.4 is 5.32 Å². The summed E-state index contributed by atoms with van der Waals surface area (Å²) in [7, 11) is 0. The summed E-state index contributed by atoms with van der Waals surface area (Å²) < 4.78 is 0. The monoisotopic (exact) mass is 172 g/mol. The molecule has 0 bridgehead atoms. The van der Waals surface area contributed by atoms with E-state index in [4.69, 9.17) is 5.11 Å². The Morgan fingerprint density at radius 3 is 3.08 bits per heavy atom. The lowest BCUT2D eigenvalue weighted by Crippen LogP contribution is -2.39. The predicted octanol–water partition coefficient (Wildman–Crippen LogP) is 0.0526. The maximum absolute atomic E-state index is 8.81. The Kier molecular flexibility index (Phi) is 4.58. The van der Waals surface area contributed by atoms with Gasteiger partial charge in [-0.25, -0.2) is 0 Å². The SMILES string of the molecule is CCNC[C@H]1CCCN1CCO. The van der Waals surface area contributed by atoms with E-state index < -0.39 is 0 Å². The first-order valence-corrected chi connectivity index (χ1v) is 4.94. The molecule has 1 atom stereocenters. The summed E-state index contributed by atoms with van der Waals surface area (Å²) in [6.45, 7) is 6.56. The maximum Gasteiger partial charge on any atom is 0.0558 e. The van der Waals surface area contributed by atoms with Gasteiger partial charge < -0.3 is 10.4 Å². The molecule has 0 radical (unpaired) electrons. The standard InChI is InChI=1S/C9H20N2O/c1-2-10-8-9-4-3-5-11(9)6-7-12/h9-10,12H,2-8H2,1H3/t9-/m1/s1. The van der Waals surface area contributed by atoms with Crippen LogP contribution in [0.2, 0.25) is 0 Å². The van der Waals surface area contributed by atoms with E-state index in [2.05, 4.69) is 17.1 Å². The zero-order chi connectivity index (χ0) is 8.81. The third-order valence-corrected chi connectivity index (χ3v) is 2.52. The quantitative estimate of drug-likeness (QED) is 0.615. The van der Waals surface area contributed by atoms with Gasteiger partial charge in [0.2, 0.25) is 0 Å². The molecule has 1 saturated heterocycles. The summed E-state index contributed by atoms with van der Waals surface area (Å²) in [6, 6.07) is 0.664. The summed E-state index contributed by atoms with van der Waals surface area (Å²) in [5, 5.41) is 12.2. The summed E-state index contributed by atoms with van der Waals surface area (Å²) in [5.74, 6) is 0. The van der Waals surface area contributed by atoms with E-state index in [0.29, 0.717) is 12.6 Å². The molecule has 0 aromatic heterocycles. The summed E-state index contributed by atoms with van der Waals surface area (Å²) in [5.41, 5.74) is 0. The van der Waals surface area contributed by atoms with Crippen LogP contribution in [0.4, 0.5) is 0 Å². The van der Waals surface area contributed by atoms with Crippen LogP contribution in [0.25, 0.3) is 0 Å². The van der Waals surface area contributed by atoms with Gasteiger partial charge in [-0.15, -0.1) is 0 Å². The Morgan fingerprint density at radius 1 is 1.58 bits per heavy atom. The molecule has 1 aliphatic heterocycles. The lowest BCUT2D eigenvalue weighted by Gasteiger charge is -2.23. The van der Waals surface area contributed by atoms with E-state index in [-0.39, 0.29) is 0 Å². The van der Waals surface area contributed by atoms with Crippen molar-refractivity contribution in [1.29, 1.82) is 0 Å². The second-order valence-corrected chi connectivity index (χ2v) is 3.36. The van der Waals surface area contributed by atoms with Gasteiger partial charge in [0.25, 0.3) is 0 Å². The molecule has 0 aliphatic carbocycles. The number of hydrogen-bond acceptors (Lipinski definition) is 3. The minimum Gasteiger partial charge on any atom is -0.395 e. The van der Waals surface area contributed by atoms with E-state index in [1.807, 2.05) is 0 Å². The Bertz CT molecular complexity index is 119. The zero-order valence-corrected chi connectivity index (χ0v) is 7.92. The molecule has 0 unspecified atom stereocenters. The molecule has 0 spiro atoms. The van der Waals surface area contributed by atoms with Gasteiger partial charge in [0.15, 0.2) is 0 Å². The normalized spacial score (nSPS) is 25.0. The van der Waals surface area contributed by atoms with Crippen LogP contribution >= 0.6 is 0 Å². The highest BCUT2D eigenvalue weighted by atomic mass is 16.3. The first kappa shape index (κ1) is 9.96. The molecule has 1 rings (SSSR count). The zero-order valence-electron chi connectivity index (χ0n) is 7.92. The van der Waals surface area contributed by atoms with Gasteiger partial charge in [0.05, 0.1) is 6.61 Å². The number of likely N-dealkylation sites (N-methyl/N-ethyl adjacent to an activating group) is 1. The second-order valence-electron chi connectivity index (χ2n) is 3.36. The molecule has 12 heavy (non-hydrogen) atoms. The second kappa shape index (κ2) is 5.51. The smallest absolute Gasteiger partial charge is 0.0558 e. The topological polar surface area (TPSA) is 35.5 Å². The first-order chi connectivity index (χ1) is 5.88. The van der Waals surface area contributed by atoms with Gasteiger partial charge in [0.1, 0.15) is 0 Å². The third-order valence-electron chi connectivity index (χ3n) is 2.52. The Hall–Kier alpha value is -0.120. The summed E-state index contributed by atoms with van der Waals surface area (Å²) in [4.78, 5) is 2.38. The van der Waals surface area contributed by atoms with Crippen molar-refractivity contribution in [2.75, 3.05) is 32.8 Å². The van der Waals surface area contributed by atoms with E-state index >= 15 is 0 Å². The van der Waals surface area contributed by atoms with Gasteiger partial charge in [-0.3, -0.25) is 4.90 Å². The van der Waals surface area contributed by atoms with Crippen molar-refractivity contribution >= 4 is 0 Å². The van der Waals surface area contributed by atoms with Crippen LogP contribution in [0.15, 0.2) is 0 Å². The number of nitrogens with zero attached hydrogens (tertiary/aromatic N) is 1. The Morgan fingerprint density at radius 2 is 2.42 bits per heavy atom. The van der Waals surface area contributed by atoms with Crippen molar-refractivity contribution in [3.8, 4) is 0 Å². The molecular formula is C9H20N2O. The molecule has 0 aromatic carbocycles. The number of nitrogens with one attached hydrogen (secondary N) is 1. The van der Waals surface area contributed by atoms with Crippen molar-refractivity contribution < 1.29 is 5.11 Å². The molecule has 1 heterocycles. The largest absolute Gasteiger partial charge is 0.395 e. The fourth-order valence-corrected chi connectivity index (χ4v) is 1.86. The summed E-state index contributed by atoms with van der Waals surface area (Å²) >= 11 is 0. The molecule has 2 N–H and O–H groups in total. The van der Waals surface area contributed by atoms with Crippen molar-refractivity contribution in [3.63, 3.8) is 0 Å². The number of aliphatic hydroxyl groups is 1. The van der Waals surface area contributed by atoms with E-state index in [9.17, 15) is 0 Å². The Balaban J connectivity index is 2.20. The minimum atomic E-state index is 0.294. The third kappa shape index (κ3) is 2.73. The molecule has 3 nitrogen and oxygen atoms in total. The van der Waals surface area contributed by atoms with E-state index in [0.717, 1.165) is 26.2 Å². The highest BCUT2D eigenvalue weighted by molar-refractivity contribution is 4.80. The number of aliphatic hydroxyl groups excluding tert-OH is 1. The average Bonchev–Trinajstić information content (AvgIpc) is 2.50. The molecule has 0 aromatic rings.